The molecule has 0 fully saturated rings. The second-order valence-corrected chi connectivity index (χ2v) is 7.36. The average Bonchev–Trinajstić information content (AvgIpc) is 2.26. The molecule has 0 aromatic heterocycles. The highest BCUT2D eigenvalue weighted by Crippen LogP contribution is 2.12. The van der Waals surface area contributed by atoms with Crippen molar-refractivity contribution < 1.29 is 34.1 Å². The van der Waals surface area contributed by atoms with Gasteiger partial charge in [-0.2, -0.15) is 8.42 Å². The van der Waals surface area contributed by atoms with E-state index in [1.54, 1.807) is 0 Å². The first-order valence-electron chi connectivity index (χ1n) is 7.44. The molecule has 0 bridgehead atoms. The predicted molar refractivity (Wildman–Crippen MR) is 83.2 cm³/mol. The fourth-order valence-corrected chi connectivity index (χ4v) is 3.52. The van der Waals surface area contributed by atoms with Crippen molar-refractivity contribution in [3.8, 4) is 0 Å². The van der Waals surface area contributed by atoms with E-state index in [9.17, 15) is 21.4 Å². The van der Waals surface area contributed by atoms with Gasteiger partial charge in [0.15, 0.2) is 0 Å². The average molecular weight is 363 g/mol. The molecule has 0 aromatic carbocycles. The maximum Gasteiger partial charge on any atom is 0.411 e. The number of hydrogen-bond donors (Lipinski definition) is 1. The summed E-state index contributed by atoms with van der Waals surface area (Å²) >= 11 is 0. The molecule has 10 heteroatoms. The topological polar surface area (TPSA) is 121 Å². The van der Waals surface area contributed by atoms with Crippen LogP contribution in [-0.2, 0) is 24.4 Å². The van der Waals surface area contributed by atoms with Crippen molar-refractivity contribution in [3.05, 3.63) is 0 Å². The van der Waals surface area contributed by atoms with E-state index in [1.807, 2.05) is 0 Å². The number of quaternary nitrogens is 1. The smallest absolute Gasteiger partial charge is 0.411 e. The molecule has 0 aliphatic heterocycles. The lowest BCUT2D eigenvalue weighted by Crippen LogP contribution is -2.50. The zero-order valence-electron chi connectivity index (χ0n) is 13.8. The normalized spacial score (nSPS) is 12.6. The Kier molecular flexibility index (Phi) is 12.3. The number of nitrogens with zero attached hydrogens (tertiary/aromatic N) is 1. The van der Waals surface area contributed by atoms with Gasteiger partial charge in [0, 0.05) is 0 Å². The second-order valence-electron chi connectivity index (χ2n) is 5.14. The zero-order chi connectivity index (χ0) is 17.9. The van der Waals surface area contributed by atoms with Crippen molar-refractivity contribution in [3.63, 3.8) is 0 Å². The Morgan fingerprint density at radius 1 is 0.818 bits per heavy atom. The monoisotopic (exact) mass is 363 g/mol. The van der Waals surface area contributed by atoms with Gasteiger partial charge >= 0.3 is 10.4 Å². The summed E-state index contributed by atoms with van der Waals surface area (Å²) in [5.74, 6) is 0. The summed E-state index contributed by atoms with van der Waals surface area (Å²) in [7, 11) is -10.6. The van der Waals surface area contributed by atoms with Crippen LogP contribution in [0, 0.1) is 0 Å². The molecule has 0 aliphatic carbocycles. The molecular weight excluding hydrogens is 334 g/mol. The standard InChI is InChI=1S/C12H28N.H2O7S2/c1-5-9-13(10-6-2,11-7-3)12-8-4;1-8(2,3)7-9(4,5)6/h5-12H2,1-4H3;(H,1,2,3)(H,4,5,6)/q+1;/p-1. The van der Waals surface area contributed by atoms with Crippen LogP contribution in [0.3, 0.4) is 0 Å². The summed E-state index contributed by atoms with van der Waals surface area (Å²) in [5, 5.41) is 0. The highest BCUT2D eigenvalue weighted by Gasteiger charge is 2.22. The Bertz CT molecular complexity index is 414. The molecule has 0 heterocycles. The van der Waals surface area contributed by atoms with E-state index in [0.29, 0.717) is 0 Å². The Labute approximate surface area is 135 Å². The zero-order valence-corrected chi connectivity index (χ0v) is 15.5. The minimum Gasteiger partial charge on any atom is -0.725 e. The SMILES string of the molecule is CCC[N+](CCC)(CCC)CCC.O=S(=O)([O-])OS(=O)(=O)O. The Hall–Kier alpha value is -0.260. The molecule has 0 amide bonds. The van der Waals surface area contributed by atoms with Gasteiger partial charge in [-0.25, -0.2) is 8.42 Å². The number of hydrogen-bond acceptors (Lipinski definition) is 6. The van der Waals surface area contributed by atoms with Gasteiger partial charge in [0.25, 0.3) is 0 Å². The van der Waals surface area contributed by atoms with Crippen LogP contribution in [0.1, 0.15) is 53.4 Å². The summed E-state index contributed by atoms with van der Waals surface area (Å²) in [6.07, 6.45) is 5.33. The van der Waals surface area contributed by atoms with E-state index in [1.165, 1.54) is 56.3 Å². The molecule has 0 saturated carbocycles. The van der Waals surface area contributed by atoms with Gasteiger partial charge < -0.3 is 9.04 Å². The predicted octanol–water partition coefficient (Wildman–Crippen LogP) is 1.71. The van der Waals surface area contributed by atoms with Crippen LogP contribution in [0.25, 0.3) is 0 Å². The molecule has 0 atom stereocenters. The van der Waals surface area contributed by atoms with Gasteiger partial charge in [0.1, 0.15) is 0 Å². The highest BCUT2D eigenvalue weighted by molar-refractivity contribution is 7.94. The van der Waals surface area contributed by atoms with Crippen molar-refractivity contribution in [2.75, 3.05) is 26.2 Å². The number of rotatable bonds is 10. The lowest BCUT2D eigenvalue weighted by atomic mass is 10.2. The summed E-state index contributed by atoms with van der Waals surface area (Å²) in [4.78, 5) is 0. The van der Waals surface area contributed by atoms with Crippen molar-refractivity contribution in [1.82, 2.24) is 0 Å². The van der Waals surface area contributed by atoms with Crippen molar-refractivity contribution in [2.24, 2.45) is 0 Å². The van der Waals surface area contributed by atoms with E-state index < -0.39 is 20.8 Å². The third-order valence-corrected chi connectivity index (χ3v) is 4.32. The van der Waals surface area contributed by atoms with E-state index in [2.05, 4.69) is 31.3 Å². The Morgan fingerprint density at radius 3 is 1.18 bits per heavy atom. The first-order chi connectivity index (χ1) is 9.95. The highest BCUT2D eigenvalue weighted by atomic mass is 32.3. The molecule has 0 unspecified atom stereocenters. The molecule has 1 N–H and O–H groups in total. The molecule has 0 saturated heterocycles. The second kappa shape index (κ2) is 11.3. The molecule has 136 valence electrons. The lowest BCUT2D eigenvalue weighted by Gasteiger charge is -2.38. The largest absolute Gasteiger partial charge is 0.725 e. The van der Waals surface area contributed by atoms with Crippen molar-refractivity contribution >= 4 is 20.8 Å². The molecule has 0 spiro atoms. The maximum absolute atomic E-state index is 9.40. The van der Waals surface area contributed by atoms with Crippen LogP contribution < -0.4 is 0 Å². The molecule has 0 rings (SSSR count). The van der Waals surface area contributed by atoms with Gasteiger partial charge in [0.05, 0.1) is 26.2 Å². The molecule has 0 aliphatic rings. The summed E-state index contributed by atoms with van der Waals surface area (Å²) < 4.78 is 58.3. The van der Waals surface area contributed by atoms with Crippen LogP contribution in [0.15, 0.2) is 0 Å². The van der Waals surface area contributed by atoms with Crippen molar-refractivity contribution in [2.45, 2.75) is 53.4 Å². The van der Waals surface area contributed by atoms with Gasteiger partial charge in [-0.15, -0.1) is 3.63 Å². The van der Waals surface area contributed by atoms with Gasteiger partial charge in [-0.3, -0.25) is 4.55 Å². The van der Waals surface area contributed by atoms with Gasteiger partial charge in [-0.1, -0.05) is 27.7 Å². The lowest BCUT2D eigenvalue weighted by molar-refractivity contribution is -0.928. The molecule has 22 heavy (non-hydrogen) atoms. The van der Waals surface area contributed by atoms with Crippen LogP contribution in [0.5, 0.6) is 0 Å². The summed E-state index contributed by atoms with van der Waals surface area (Å²) in [6, 6.07) is 0. The third-order valence-electron chi connectivity index (χ3n) is 2.96. The van der Waals surface area contributed by atoms with Gasteiger partial charge in [0.2, 0.25) is 10.4 Å². The maximum atomic E-state index is 9.40. The Morgan fingerprint density at radius 2 is 1.09 bits per heavy atom. The first-order valence-corrected chi connectivity index (χ1v) is 10.1. The minimum absolute atomic E-state index is 1.33. The van der Waals surface area contributed by atoms with E-state index in [0.717, 1.165) is 0 Å². The van der Waals surface area contributed by atoms with Crippen LogP contribution in [-0.4, -0.2) is 56.6 Å². The molecule has 0 aromatic rings. The quantitative estimate of drug-likeness (QED) is 0.356. The van der Waals surface area contributed by atoms with Crippen LogP contribution in [0.2, 0.25) is 0 Å². The summed E-state index contributed by atoms with van der Waals surface area (Å²) in [6.45, 7) is 14.8. The van der Waals surface area contributed by atoms with E-state index >= 15 is 0 Å². The van der Waals surface area contributed by atoms with Gasteiger partial charge in [-0.05, 0) is 25.7 Å². The van der Waals surface area contributed by atoms with Crippen LogP contribution >= 0.6 is 0 Å². The molecule has 0 radical (unpaired) electrons. The fourth-order valence-electron chi connectivity index (χ4n) is 2.67. The fraction of sp³-hybridized carbons (Fsp3) is 1.00. The minimum atomic E-state index is -5.37. The van der Waals surface area contributed by atoms with Crippen LogP contribution in [0.4, 0.5) is 0 Å². The first kappa shape index (κ1) is 24.0. The molecule has 8 nitrogen and oxygen atoms in total. The van der Waals surface area contributed by atoms with E-state index in [4.69, 9.17) is 4.55 Å². The molecular formula is C12H29NO7S2. The third kappa shape index (κ3) is 14.7. The van der Waals surface area contributed by atoms with E-state index in [-0.39, 0.29) is 0 Å². The summed E-state index contributed by atoms with van der Waals surface area (Å²) in [5.41, 5.74) is 0. The van der Waals surface area contributed by atoms with Crippen molar-refractivity contribution in [1.29, 1.82) is 0 Å². The Balaban J connectivity index is 0.